The smallest absolute Gasteiger partial charge is 0.0691 e. The van der Waals surface area contributed by atoms with Crippen molar-refractivity contribution >= 4 is 17.3 Å². The van der Waals surface area contributed by atoms with E-state index in [-0.39, 0.29) is 12.1 Å². The Hall–Kier alpha value is -1.51. The maximum Gasteiger partial charge on any atom is 0.0691 e. The number of hydrogen-bond donors (Lipinski definition) is 1. The zero-order valence-electron chi connectivity index (χ0n) is 12.3. The van der Waals surface area contributed by atoms with Crippen LogP contribution < -0.4 is 10.6 Å². The third-order valence-corrected chi connectivity index (χ3v) is 4.41. The van der Waals surface area contributed by atoms with Gasteiger partial charge in [-0.3, -0.25) is 0 Å². The molecule has 21 heavy (non-hydrogen) atoms. The van der Waals surface area contributed by atoms with E-state index in [4.69, 9.17) is 17.3 Å². The second kappa shape index (κ2) is 6.08. The molecule has 1 heterocycles. The molecule has 0 saturated heterocycles. The molecule has 0 spiro atoms. The molecule has 0 radical (unpaired) electrons. The predicted octanol–water partition coefficient (Wildman–Crippen LogP) is 4.18. The molecule has 3 rings (SSSR count). The fourth-order valence-corrected chi connectivity index (χ4v) is 3.51. The summed E-state index contributed by atoms with van der Waals surface area (Å²) in [6, 6.07) is 16.9. The molecule has 1 aliphatic heterocycles. The fourth-order valence-electron chi connectivity index (χ4n) is 3.31. The summed E-state index contributed by atoms with van der Waals surface area (Å²) in [6.45, 7) is 3.11. The van der Waals surface area contributed by atoms with Crippen molar-refractivity contribution in [2.24, 2.45) is 5.73 Å². The molecule has 1 aliphatic rings. The fraction of sp³-hybridized carbons (Fsp3) is 0.333. The minimum Gasteiger partial charge on any atom is -0.363 e. The number of rotatable bonds is 3. The van der Waals surface area contributed by atoms with E-state index >= 15 is 0 Å². The number of benzene rings is 2. The Morgan fingerprint density at radius 3 is 2.71 bits per heavy atom. The van der Waals surface area contributed by atoms with Gasteiger partial charge < -0.3 is 10.6 Å². The van der Waals surface area contributed by atoms with Gasteiger partial charge >= 0.3 is 0 Å². The van der Waals surface area contributed by atoms with Crippen molar-refractivity contribution in [2.45, 2.75) is 31.8 Å². The van der Waals surface area contributed by atoms with Crippen LogP contribution in [-0.4, -0.2) is 12.6 Å². The van der Waals surface area contributed by atoms with Crippen molar-refractivity contribution in [3.63, 3.8) is 0 Å². The molecule has 0 bridgehead atoms. The molecule has 2 N–H and O–H groups in total. The van der Waals surface area contributed by atoms with Gasteiger partial charge in [-0.1, -0.05) is 41.9 Å². The summed E-state index contributed by atoms with van der Waals surface area (Å²) in [5, 5.41) is 0.767. The van der Waals surface area contributed by atoms with Gasteiger partial charge in [0, 0.05) is 23.3 Å². The van der Waals surface area contributed by atoms with Crippen molar-refractivity contribution in [2.75, 3.05) is 11.4 Å². The van der Waals surface area contributed by atoms with E-state index in [9.17, 15) is 0 Å². The standard InChI is InChI=1S/C18H21ClN2/c1-13(20)18(15-7-4-9-16(19)12-15)21-11-5-8-14-6-2-3-10-17(14)21/h2-4,6-7,9-10,12-13,18H,5,8,11,20H2,1H3. The summed E-state index contributed by atoms with van der Waals surface area (Å²) < 4.78 is 0. The zero-order chi connectivity index (χ0) is 14.8. The van der Waals surface area contributed by atoms with Gasteiger partial charge in [-0.2, -0.15) is 0 Å². The van der Waals surface area contributed by atoms with Gasteiger partial charge in [0.25, 0.3) is 0 Å². The molecule has 110 valence electrons. The van der Waals surface area contributed by atoms with Gasteiger partial charge in [-0.15, -0.1) is 0 Å². The number of nitrogens with two attached hydrogens (primary N) is 1. The van der Waals surface area contributed by atoms with Gasteiger partial charge in [0.1, 0.15) is 0 Å². The molecule has 2 nitrogen and oxygen atoms in total. The number of fused-ring (bicyclic) bond motifs is 1. The number of aryl methyl sites for hydroxylation is 1. The number of hydrogen-bond acceptors (Lipinski definition) is 2. The highest BCUT2D eigenvalue weighted by Gasteiger charge is 2.28. The highest BCUT2D eigenvalue weighted by atomic mass is 35.5. The molecule has 2 unspecified atom stereocenters. The van der Waals surface area contributed by atoms with Gasteiger partial charge in [-0.25, -0.2) is 0 Å². The monoisotopic (exact) mass is 300 g/mol. The SMILES string of the molecule is CC(N)C(c1cccc(Cl)c1)N1CCCc2ccccc21. The molecule has 2 atom stereocenters. The van der Waals surface area contributed by atoms with Crippen molar-refractivity contribution < 1.29 is 0 Å². The largest absolute Gasteiger partial charge is 0.363 e. The summed E-state index contributed by atoms with van der Waals surface area (Å²) >= 11 is 6.17. The lowest BCUT2D eigenvalue weighted by Gasteiger charge is -2.40. The van der Waals surface area contributed by atoms with E-state index in [0.29, 0.717) is 0 Å². The topological polar surface area (TPSA) is 29.3 Å². The van der Waals surface area contributed by atoms with E-state index < -0.39 is 0 Å². The predicted molar refractivity (Wildman–Crippen MR) is 90.0 cm³/mol. The second-order valence-corrected chi connectivity index (χ2v) is 6.22. The summed E-state index contributed by atoms with van der Waals surface area (Å²) in [7, 11) is 0. The van der Waals surface area contributed by atoms with Crippen LogP contribution in [-0.2, 0) is 6.42 Å². The average molecular weight is 301 g/mol. The van der Waals surface area contributed by atoms with Crippen molar-refractivity contribution in [1.29, 1.82) is 0 Å². The second-order valence-electron chi connectivity index (χ2n) is 5.78. The van der Waals surface area contributed by atoms with Crippen molar-refractivity contribution in [3.05, 3.63) is 64.7 Å². The van der Waals surface area contributed by atoms with E-state index in [2.05, 4.69) is 42.2 Å². The first kappa shape index (κ1) is 14.4. The normalized spacial score (nSPS) is 17.2. The molecule has 2 aromatic rings. The highest BCUT2D eigenvalue weighted by molar-refractivity contribution is 6.30. The molecule has 3 heteroatoms. The first-order chi connectivity index (χ1) is 10.2. The van der Waals surface area contributed by atoms with Crippen LogP contribution in [0.15, 0.2) is 48.5 Å². The molecular formula is C18H21ClN2. The van der Waals surface area contributed by atoms with Crippen LogP contribution in [0.1, 0.15) is 30.5 Å². The lowest BCUT2D eigenvalue weighted by Crippen LogP contribution is -2.42. The lowest BCUT2D eigenvalue weighted by atomic mass is 9.94. The van der Waals surface area contributed by atoms with Crippen LogP contribution in [0.5, 0.6) is 0 Å². The molecular weight excluding hydrogens is 280 g/mol. The van der Waals surface area contributed by atoms with Crippen LogP contribution in [0.25, 0.3) is 0 Å². The number of halogens is 1. The van der Waals surface area contributed by atoms with Crippen molar-refractivity contribution in [1.82, 2.24) is 0 Å². The van der Waals surface area contributed by atoms with Crippen LogP contribution in [0.2, 0.25) is 5.02 Å². The van der Waals surface area contributed by atoms with Crippen molar-refractivity contribution in [3.8, 4) is 0 Å². The highest BCUT2D eigenvalue weighted by Crippen LogP contribution is 2.35. The summed E-state index contributed by atoms with van der Waals surface area (Å²) in [5.41, 5.74) is 10.2. The van der Waals surface area contributed by atoms with E-state index in [1.807, 2.05) is 18.2 Å². The Balaban J connectivity index is 2.03. The Bertz CT molecular complexity index is 624. The minimum absolute atomic E-state index is 0.0367. The lowest BCUT2D eigenvalue weighted by molar-refractivity contribution is 0.510. The number of para-hydroxylation sites is 1. The Morgan fingerprint density at radius 1 is 1.14 bits per heavy atom. The van der Waals surface area contributed by atoms with E-state index in [1.165, 1.54) is 23.2 Å². The Kier molecular flexibility index (Phi) is 4.18. The Morgan fingerprint density at radius 2 is 1.95 bits per heavy atom. The van der Waals surface area contributed by atoms with Gasteiger partial charge in [0.2, 0.25) is 0 Å². The molecule has 0 amide bonds. The molecule has 0 aromatic heterocycles. The van der Waals surface area contributed by atoms with Crippen LogP contribution in [0.3, 0.4) is 0 Å². The molecule has 2 aromatic carbocycles. The van der Waals surface area contributed by atoms with E-state index in [0.717, 1.165) is 18.0 Å². The zero-order valence-corrected chi connectivity index (χ0v) is 13.1. The van der Waals surface area contributed by atoms with Crippen LogP contribution in [0.4, 0.5) is 5.69 Å². The van der Waals surface area contributed by atoms with E-state index in [1.54, 1.807) is 0 Å². The summed E-state index contributed by atoms with van der Waals surface area (Å²) in [4.78, 5) is 2.44. The van der Waals surface area contributed by atoms with Gasteiger partial charge in [-0.05, 0) is 49.1 Å². The first-order valence-corrected chi connectivity index (χ1v) is 7.90. The van der Waals surface area contributed by atoms with Gasteiger partial charge in [0.15, 0.2) is 0 Å². The quantitative estimate of drug-likeness (QED) is 0.921. The summed E-state index contributed by atoms with van der Waals surface area (Å²) in [5.74, 6) is 0. The Labute approximate surface area is 131 Å². The molecule has 0 saturated carbocycles. The van der Waals surface area contributed by atoms with Gasteiger partial charge in [0.05, 0.1) is 6.04 Å². The third-order valence-electron chi connectivity index (χ3n) is 4.17. The first-order valence-electron chi connectivity index (χ1n) is 7.52. The van der Waals surface area contributed by atoms with Crippen LogP contribution in [0, 0.1) is 0 Å². The maximum atomic E-state index is 6.32. The van der Waals surface area contributed by atoms with Crippen LogP contribution >= 0.6 is 11.6 Å². The molecule has 0 fully saturated rings. The number of nitrogens with zero attached hydrogens (tertiary/aromatic N) is 1. The average Bonchev–Trinajstić information content (AvgIpc) is 2.47. The summed E-state index contributed by atoms with van der Waals surface area (Å²) in [6.07, 6.45) is 2.31. The maximum absolute atomic E-state index is 6.32. The third kappa shape index (κ3) is 2.92. The number of anilines is 1. The minimum atomic E-state index is 0.0367. The molecule has 0 aliphatic carbocycles.